The van der Waals surface area contributed by atoms with E-state index < -0.39 is 0 Å². The fourth-order valence-corrected chi connectivity index (χ4v) is 4.09. The average molecular weight is 283 g/mol. The van der Waals surface area contributed by atoms with E-state index in [1.807, 2.05) is 0 Å². The minimum absolute atomic E-state index is 0.253. The van der Waals surface area contributed by atoms with E-state index in [-0.39, 0.29) is 11.1 Å². The van der Waals surface area contributed by atoms with Gasteiger partial charge in [-0.25, -0.2) is 0 Å². The molecule has 0 bridgehead atoms. The Morgan fingerprint density at radius 2 is 1.55 bits per heavy atom. The minimum atomic E-state index is 0.253. The van der Waals surface area contributed by atoms with Gasteiger partial charge in [0.05, 0.1) is 0 Å². The lowest BCUT2D eigenvalue weighted by molar-refractivity contribution is 0.0466. The molecular weight excluding hydrogens is 244 g/mol. The molecular formula is C18H38N2. The number of nitrogens with one attached hydrogen (secondary N) is 1. The van der Waals surface area contributed by atoms with Crippen molar-refractivity contribution in [2.75, 3.05) is 6.54 Å². The molecule has 1 heterocycles. The highest BCUT2D eigenvalue weighted by Gasteiger charge is 2.40. The van der Waals surface area contributed by atoms with Crippen molar-refractivity contribution in [2.24, 2.45) is 0 Å². The van der Waals surface area contributed by atoms with Crippen LogP contribution in [0.2, 0.25) is 0 Å². The van der Waals surface area contributed by atoms with E-state index in [9.17, 15) is 0 Å². The van der Waals surface area contributed by atoms with Gasteiger partial charge in [-0.15, -0.1) is 0 Å². The van der Waals surface area contributed by atoms with Crippen LogP contribution in [-0.4, -0.2) is 34.6 Å². The zero-order valence-electron chi connectivity index (χ0n) is 15.1. The van der Waals surface area contributed by atoms with Crippen molar-refractivity contribution >= 4 is 0 Å². The van der Waals surface area contributed by atoms with Crippen molar-refractivity contribution in [3.63, 3.8) is 0 Å². The van der Waals surface area contributed by atoms with Crippen LogP contribution >= 0.6 is 0 Å². The fourth-order valence-electron chi connectivity index (χ4n) is 4.09. The fraction of sp³-hybridized carbons (Fsp3) is 1.00. The second-order valence-electron chi connectivity index (χ2n) is 8.35. The number of nitrogens with zero attached hydrogens (tertiary/aromatic N) is 1. The highest BCUT2D eigenvalue weighted by atomic mass is 15.2. The van der Waals surface area contributed by atoms with Crippen molar-refractivity contribution in [1.29, 1.82) is 0 Å². The predicted molar refractivity (Wildman–Crippen MR) is 90.3 cm³/mol. The van der Waals surface area contributed by atoms with Gasteiger partial charge in [0.15, 0.2) is 0 Å². The first-order chi connectivity index (χ1) is 9.17. The third kappa shape index (κ3) is 5.73. The minimum Gasteiger partial charge on any atom is -0.307 e. The Morgan fingerprint density at radius 3 is 2.00 bits per heavy atom. The summed E-state index contributed by atoms with van der Waals surface area (Å²) in [7, 11) is 0. The summed E-state index contributed by atoms with van der Waals surface area (Å²) < 4.78 is 0. The third-order valence-corrected chi connectivity index (χ3v) is 4.57. The van der Waals surface area contributed by atoms with Crippen LogP contribution in [0, 0.1) is 0 Å². The van der Waals surface area contributed by atoms with Crippen molar-refractivity contribution in [3.05, 3.63) is 0 Å². The van der Waals surface area contributed by atoms with E-state index >= 15 is 0 Å². The second kappa shape index (κ2) is 7.26. The van der Waals surface area contributed by atoms with Gasteiger partial charge in [-0.3, -0.25) is 4.90 Å². The third-order valence-electron chi connectivity index (χ3n) is 4.57. The van der Waals surface area contributed by atoms with Gasteiger partial charge in [0, 0.05) is 23.2 Å². The summed E-state index contributed by atoms with van der Waals surface area (Å²) in [6, 6.07) is 1.38. The van der Waals surface area contributed by atoms with Crippen LogP contribution < -0.4 is 5.32 Å². The van der Waals surface area contributed by atoms with Gasteiger partial charge in [-0.2, -0.15) is 0 Å². The molecule has 0 amide bonds. The Bertz CT molecular complexity index is 265. The summed E-state index contributed by atoms with van der Waals surface area (Å²) in [6.07, 6.45) is 7.99. The van der Waals surface area contributed by atoms with Crippen LogP contribution in [0.25, 0.3) is 0 Å². The molecule has 2 nitrogen and oxygen atoms in total. The molecule has 0 spiro atoms. The maximum Gasteiger partial charge on any atom is 0.0145 e. The quantitative estimate of drug-likeness (QED) is 0.687. The molecule has 0 aliphatic carbocycles. The van der Waals surface area contributed by atoms with E-state index in [2.05, 4.69) is 58.7 Å². The average Bonchev–Trinajstić information content (AvgIpc) is 2.23. The molecule has 20 heavy (non-hydrogen) atoms. The first-order valence-electron chi connectivity index (χ1n) is 8.72. The first-order valence-corrected chi connectivity index (χ1v) is 8.72. The highest BCUT2D eigenvalue weighted by Crippen LogP contribution is 2.32. The largest absolute Gasteiger partial charge is 0.307 e. The highest BCUT2D eigenvalue weighted by molar-refractivity contribution is 5.00. The maximum absolute atomic E-state index is 3.81. The topological polar surface area (TPSA) is 15.3 Å². The van der Waals surface area contributed by atoms with Crippen LogP contribution in [0.5, 0.6) is 0 Å². The molecule has 2 heteroatoms. The lowest BCUT2D eigenvalue weighted by atomic mass is 9.78. The maximum atomic E-state index is 3.81. The molecule has 1 rings (SSSR count). The molecule has 1 saturated heterocycles. The molecule has 1 aliphatic heterocycles. The molecule has 1 fully saturated rings. The monoisotopic (exact) mass is 282 g/mol. The number of rotatable bonds is 7. The Labute approximate surface area is 127 Å². The molecule has 0 atom stereocenters. The lowest BCUT2D eigenvalue weighted by Gasteiger charge is -2.50. The molecule has 1 N–H and O–H groups in total. The Kier molecular flexibility index (Phi) is 6.53. The van der Waals surface area contributed by atoms with Crippen LogP contribution in [0.15, 0.2) is 0 Å². The summed E-state index contributed by atoms with van der Waals surface area (Å²) in [6.45, 7) is 17.7. The van der Waals surface area contributed by atoms with E-state index in [0.717, 1.165) is 6.04 Å². The van der Waals surface area contributed by atoms with Gasteiger partial charge in [0.25, 0.3) is 0 Å². The second-order valence-corrected chi connectivity index (χ2v) is 8.35. The molecule has 120 valence electrons. The van der Waals surface area contributed by atoms with Crippen LogP contribution in [-0.2, 0) is 0 Å². The van der Waals surface area contributed by atoms with E-state index in [4.69, 9.17) is 0 Å². The SMILES string of the molecule is CCCCCCN(C(C)C)C1CC(C)(C)NC(C)(C)C1. The van der Waals surface area contributed by atoms with Gasteiger partial charge in [0.2, 0.25) is 0 Å². The molecule has 1 aliphatic rings. The van der Waals surface area contributed by atoms with Crippen LogP contribution in [0.1, 0.15) is 87.0 Å². The zero-order valence-corrected chi connectivity index (χ0v) is 15.1. The van der Waals surface area contributed by atoms with E-state index in [1.165, 1.54) is 45.1 Å². The van der Waals surface area contributed by atoms with Crippen molar-refractivity contribution in [3.8, 4) is 0 Å². The summed E-state index contributed by atoms with van der Waals surface area (Å²) in [5.74, 6) is 0. The smallest absolute Gasteiger partial charge is 0.0145 e. The van der Waals surface area contributed by atoms with E-state index in [1.54, 1.807) is 0 Å². The zero-order chi connectivity index (χ0) is 15.4. The summed E-state index contributed by atoms with van der Waals surface area (Å²) in [4.78, 5) is 2.76. The standard InChI is InChI=1S/C18H38N2/c1-8-9-10-11-12-20(15(2)3)16-13-17(4,5)19-18(6,7)14-16/h15-16,19H,8-14H2,1-7H3. The van der Waals surface area contributed by atoms with Crippen LogP contribution in [0.3, 0.4) is 0 Å². The molecule has 0 aromatic rings. The van der Waals surface area contributed by atoms with Gasteiger partial charge in [-0.1, -0.05) is 26.2 Å². The van der Waals surface area contributed by atoms with Gasteiger partial charge in [0.1, 0.15) is 0 Å². The predicted octanol–water partition coefficient (Wildman–Crippen LogP) is 4.59. The summed E-state index contributed by atoms with van der Waals surface area (Å²) in [5, 5.41) is 3.81. The number of hydrogen-bond acceptors (Lipinski definition) is 2. The summed E-state index contributed by atoms with van der Waals surface area (Å²) >= 11 is 0. The normalized spacial score (nSPS) is 22.6. The molecule has 0 unspecified atom stereocenters. The van der Waals surface area contributed by atoms with Gasteiger partial charge >= 0.3 is 0 Å². The number of piperidine rings is 1. The number of hydrogen-bond donors (Lipinski definition) is 1. The molecule has 0 saturated carbocycles. The van der Waals surface area contributed by atoms with Crippen LogP contribution in [0.4, 0.5) is 0 Å². The number of unbranched alkanes of at least 4 members (excludes halogenated alkanes) is 3. The van der Waals surface area contributed by atoms with Crippen molar-refractivity contribution in [1.82, 2.24) is 10.2 Å². The van der Waals surface area contributed by atoms with Gasteiger partial charge < -0.3 is 5.32 Å². The Hall–Kier alpha value is -0.0800. The van der Waals surface area contributed by atoms with Crippen molar-refractivity contribution < 1.29 is 0 Å². The Balaban J connectivity index is 2.65. The lowest BCUT2D eigenvalue weighted by Crippen LogP contribution is -2.63. The molecule has 0 aromatic carbocycles. The molecule has 0 radical (unpaired) electrons. The van der Waals surface area contributed by atoms with Crippen molar-refractivity contribution in [2.45, 2.75) is 110 Å². The first kappa shape index (κ1) is 18.0. The van der Waals surface area contributed by atoms with E-state index in [0.29, 0.717) is 6.04 Å². The Morgan fingerprint density at radius 1 is 1.00 bits per heavy atom. The van der Waals surface area contributed by atoms with Gasteiger partial charge in [-0.05, 0) is 67.3 Å². The molecule has 0 aromatic heterocycles. The summed E-state index contributed by atoms with van der Waals surface area (Å²) in [5.41, 5.74) is 0.506.